The van der Waals surface area contributed by atoms with Crippen molar-refractivity contribution < 1.29 is 0 Å². The molecule has 1 unspecified atom stereocenters. The van der Waals surface area contributed by atoms with Crippen LogP contribution in [0.3, 0.4) is 0 Å². The Hall–Kier alpha value is -2.19. The number of nitrogens with zero attached hydrogens (tertiary/aromatic N) is 1. The van der Waals surface area contributed by atoms with Crippen LogP contribution < -0.4 is 5.32 Å². The molecule has 0 bridgehead atoms. The van der Waals surface area contributed by atoms with Crippen LogP contribution in [-0.4, -0.2) is 11.5 Å². The number of fused-ring (bicyclic) bond motifs is 2. The fourth-order valence-electron chi connectivity index (χ4n) is 3.18. The van der Waals surface area contributed by atoms with Gasteiger partial charge in [-0.3, -0.25) is 4.98 Å². The van der Waals surface area contributed by atoms with Crippen molar-refractivity contribution in [3.8, 4) is 0 Å². The van der Waals surface area contributed by atoms with Crippen molar-refractivity contribution >= 4 is 10.8 Å². The van der Waals surface area contributed by atoms with E-state index in [0.717, 1.165) is 13.1 Å². The third kappa shape index (κ3) is 2.43. The molecule has 4 rings (SSSR count). The van der Waals surface area contributed by atoms with Crippen LogP contribution in [-0.2, 0) is 13.0 Å². The molecule has 1 aliphatic rings. The minimum atomic E-state index is 0.686. The zero-order valence-electron chi connectivity index (χ0n) is 11.9. The molecule has 2 nitrogen and oxygen atoms in total. The van der Waals surface area contributed by atoms with Crippen molar-refractivity contribution in [2.45, 2.75) is 18.9 Å². The maximum absolute atomic E-state index is 4.15. The minimum absolute atomic E-state index is 0.686. The maximum Gasteiger partial charge on any atom is 0.0346 e. The first-order valence-corrected chi connectivity index (χ1v) is 7.51. The van der Waals surface area contributed by atoms with Gasteiger partial charge in [-0.25, -0.2) is 0 Å². The fraction of sp³-hybridized carbons (Fsp3) is 0.211. The predicted octanol–water partition coefficient (Wildman–Crippen LogP) is 3.66. The Morgan fingerprint density at radius 3 is 2.95 bits per heavy atom. The lowest BCUT2D eigenvalue weighted by Gasteiger charge is -2.30. The number of benzene rings is 2. The maximum atomic E-state index is 4.15. The Labute approximate surface area is 124 Å². The fourth-order valence-corrected chi connectivity index (χ4v) is 3.18. The SMILES string of the molecule is c1ccc2c(c1)CC2CNCc1ccc2cnccc2c1. The highest BCUT2D eigenvalue weighted by molar-refractivity contribution is 5.81. The molecule has 3 aromatic rings. The molecule has 0 amide bonds. The van der Waals surface area contributed by atoms with E-state index >= 15 is 0 Å². The van der Waals surface area contributed by atoms with Crippen molar-refractivity contribution in [1.82, 2.24) is 10.3 Å². The molecular formula is C19H18N2. The zero-order valence-corrected chi connectivity index (χ0v) is 11.9. The quantitative estimate of drug-likeness (QED) is 0.785. The molecule has 1 atom stereocenters. The highest BCUT2D eigenvalue weighted by Gasteiger charge is 2.24. The van der Waals surface area contributed by atoms with E-state index in [1.165, 1.54) is 33.9 Å². The van der Waals surface area contributed by atoms with Crippen LogP contribution in [0.5, 0.6) is 0 Å². The van der Waals surface area contributed by atoms with Crippen molar-refractivity contribution in [2.24, 2.45) is 0 Å². The van der Waals surface area contributed by atoms with E-state index in [4.69, 9.17) is 0 Å². The topological polar surface area (TPSA) is 24.9 Å². The van der Waals surface area contributed by atoms with Gasteiger partial charge in [0.1, 0.15) is 0 Å². The standard InChI is InChI=1S/C19H18N2/c1-2-4-19-16(3-1)10-18(19)13-21-11-14-5-6-17-12-20-8-7-15(17)9-14/h1-9,12,18,21H,10-11,13H2. The van der Waals surface area contributed by atoms with Gasteiger partial charge < -0.3 is 5.32 Å². The van der Waals surface area contributed by atoms with Crippen LogP contribution in [0.15, 0.2) is 60.9 Å². The summed E-state index contributed by atoms with van der Waals surface area (Å²) in [5.41, 5.74) is 4.37. The van der Waals surface area contributed by atoms with Crippen LogP contribution >= 0.6 is 0 Å². The third-order valence-electron chi connectivity index (χ3n) is 4.39. The van der Waals surface area contributed by atoms with Crippen molar-refractivity contribution in [2.75, 3.05) is 6.54 Å². The summed E-state index contributed by atoms with van der Waals surface area (Å²) in [6.07, 6.45) is 4.98. The largest absolute Gasteiger partial charge is 0.312 e. The van der Waals surface area contributed by atoms with E-state index < -0.39 is 0 Å². The molecule has 0 fully saturated rings. The summed E-state index contributed by atoms with van der Waals surface area (Å²) in [7, 11) is 0. The van der Waals surface area contributed by atoms with Crippen molar-refractivity contribution in [3.05, 3.63) is 77.6 Å². The van der Waals surface area contributed by atoms with E-state index in [1.807, 2.05) is 12.4 Å². The summed E-state index contributed by atoms with van der Waals surface area (Å²) < 4.78 is 0. The second-order valence-corrected chi connectivity index (χ2v) is 5.79. The molecule has 0 radical (unpaired) electrons. The summed E-state index contributed by atoms with van der Waals surface area (Å²) in [5.74, 6) is 0.686. The number of hydrogen-bond acceptors (Lipinski definition) is 2. The van der Waals surface area contributed by atoms with E-state index in [1.54, 1.807) is 0 Å². The summed E-state index contributed by atoms with van der Waals surface area (Å²) >= 11 is 0. The average Bonchev–Trinajstić information content (AvgIpc) is 2.51. The Balaban J connectivity index is 1.39. The summed E-state index contributed by atoms with van der Waals surface area (Å²) in [6.45, 7) is 1.99. The zero-order chi connectivity index (χ0) is 14.1. The highest BCUT2D eigenvalue weighted by atomic mass is 14.9. The molecule has 1 aliphatic carbocycles. The van der Waals surface area contributed by atoms with Gasteiger partial charge in [0.2, 0.25) is 0 Å². The van der Waals surface area contributed by atoms with E-state index in [2.05, 4.69) is 58.8 Å². The van der Waals surface area contributed by atoms with Crippen LogP contribution in [0.1, 0.15) is 22.6 Å². The molecule has 2 heteroatoms. The van der Waals surface area contributed by atoms with Gasteiger partial charge in [0.25, 0.3) is 0 Å². The van der Waals surface area contributed by atoms with Gasteiger partial charge >= 0.3 is 0 Å². The molecule has 0 spiro atoms. The molecule has 1 aromatic heterocycles. The molecule has 21 heavy (non-hydrogen) atoms. The number of aromatic nitrogens is 1. The van der Waals surface area contributed by atoms with Crippen LogP contribution in [0.4, 0.5) is 0 Å². The van der Waals surface area contributed by atoms with Crippen LogP contribution in [0.2, 0.25) is 0 Å². The number of nitrogens with one attached hydrogen (secondary N) is 1. The predicted molar refractivity (Wildman–Crippen MR) is 86.3 cm³/mol. The van der Waals surface area contributed by atoms with Gasteiger partial charge in [-0.1, -0.05) is 36.4 Å². The minimum Gasteiger partial charge on any atom is -0.312 e. The Kier molecular flexibility index (Phi) is 3.17. The van der Waals surface area contributed by atoms with E-state index in [9.17, 15) is 0 Å². The number of pyridine rings is 1. The van der Waals surface area contributed by atoms with E-state index in [0.29, 0.717) is 5.92 Å². The molecule has 104 valence electrons. The van der Waals surface area contributed by atoms with Gasteiger partial charge in [0, 0.05) is 36.8 Å². The molecule has 1 heterocycles. The summed E-state index contributed by atoms with van der Waals surface area (Å²) in [5, 5.41) is 6.06. The van der Waals surface area contributed by atoms with E-state index in [-0.39, 0.29) is 0 Å². The Morgan fingerprint density at radius 2 is 2.00 bits per heavy atom. The first kappa shape index (κ1) is 12.5. The Morgan fingerprint density at radius 1 is 1.05 bits per heavy atom. The smallest absolute Gasteiger partial charge is 0.0346 e. The first-order chi connectivity index (χ1) is 10.4. The van der Waals surface area contributed by atoms with Gasteiger partial charge in [-0.15, -0.1) is 0 Å². The lowest BCUT2D eigenvalue weighted by molar-refractivity contribution is 0.536. The second kappa shape index (κ2) is 5.30. The number of rotatable bonds is 4. The van der Waals surface area contributed by atoms with Gasteiger partial charge in [-0.05, 0) is 40.6 Å². The molecule has 0 aliphatic heterocycles. The normalized spacial score (nSPS) is 16.5. The monoisotopic (exact) mass is 274 g/mol. The van der Waals surface area contributed by atoms with Crippen LogP contribution in [0.25, 0.3) is 10.8 Å². The highest BCUT2D eigenvalue weighted by Crippen LogP contribution is 2.34. The van der Waals surface area contributed by atoms with Gasteiger partial charge in [-0.2, -0.15) is 0 Å². The van der Waals surface area contributed by atoms with Crippen molar-refractivity contribution in [3.63, 3.8) is 0 Å². The summed E-state index contributed by atoms with van der Waals surface area (Å²) in [4.78, 5) is 4.15. The first-order valence-electron chi connectivity index (χ1n) is 7.51. The Bertz CT molecular complexity index is 779. The summed E-state index contributed by atoms with van der Waals surface area (Å²) in [6, 6.07) is 17.4. The molecule has 0 saturated heterocycles. The van der Waals surface area contributed by atoms with Gasteiger partial charge in [0.05, 0.1) is 0 Å². The third-order valence-corrected chi connectivity index (χ3v) is 4.39. The lowest BCUT2D eigenvalue weighted by Crippen LogP contribution is -2.28. The number of hydrogen-bond donors (Lipinski definition) is 1. The molecule has 2 aromatic carbocycles. The lowest BCUT2D eigenvalue weighted by atomic mass is 9.77. The molecule has 0 saturated carbocycles. The van der Waals surface area contributed by atoms with Crippen LogP contribution in [0, 0.1) is 0 Å². The molecular weight excluding hydrogens is 256 g/mol. The van der Waals surface area contributed by atoms with Gasteiger partial charge in [0.15, 0.2) is 0 Å². The van der Waals surface area contributed by atoms with Crippen molar-refractivity contribution in [1.29, 1.82) is 0 Å². The molecule has 1 N–H and O–H groups in total. The average molecular weight is 274 g/mol. The second-order valence-electron chi connectivity index (χ2n) is 5.79.